The van der Waals surface area contributed by atoms with Crippen LogP contribution in [0.2, 0.25) is 0 Å². The highest BCUT2D eigenvalue weighted by Crippen LogP contribution is 2.07. The van der Waals surface area contributed by atoms with Crippen LogP contribution in [0.1, 0.15) is 5.56 Å². The maximum absolute atomic E-state index is 13.0. The van der Waals surface area contributed by atoms with Gasteiger partial charge in [0.05, 0.1) is 5.56 Å². The smallest absolute Gasteiger partial charge is 0.156 e. The van der Waals surface area contributed by atoms with Crippen molar-refractivity contribution >= 4 is 12.6 Å². The number of halogens is 1. The highest BCUT2D eigenvalue weighted by Gasteiger charge is 2.04. The molecule has 0 aliphatic carbocycles. The van der Waals surface area contributed by atoms with E-state index in [0.29, 0.717) is 11.4 Å². The first-order chi connectivity index (χ1) is 6.79. The van der Waals surface area contributed by atoms with E-state index in [2.05, 4.69) is 29.9 Å². The molecular formula is C11H13FN2. The van der Waals surface area contributed by atoms with E-state index in [1.807, 2.05) is 0 Å². The Morgan fingerprint density at radius 1 is 1.29 bits per heavy atom. The summed E-state index contributed by atoms with van der Waals surface area (Å²) in [5, 5.41) is 0. The zero-order valence-corrected chi connectivity index (χ0v) is 8.20. The van der Waals surface area contributed by atoms with Crippen molar-refractivity contribution < 1.29 is 4.39 Å². The van der Waals surface area contributed by atoms with Crippen molar-refractivity contribution in [1.82, 2.24) is 0 Å². The van der Waals surface area contributed by atoms with Gasteiger partial charge in [-0.1, -0.05) is 12.1 Å². The Balaban J connectivity index is 0.000000791. The zero-order valence-electron chi connectivity index (χ0n) is 8.20. The van der Waals surface area contributed by atoms with Crippen LogP contribution in [0.4, 0.5) is 4.39 Å². The molecule has 0 N–H and O–H groups in total. The SMILES string of the molecule is C=C.C=NC(=NC)c1ccccc1F. The monoisotopic (exact) mass is 192 g/mol. The van der Waals surface area contributed by atoms with Crippen LogP contribution in [0.15, 0.2) is 47.4 Å². The standard InChI is InChI=1S/C9H9FN2.C2H4/c1-11-9(12-2)7-5-3-4-6-8(7)10;1-2/h3-6H,1H2,2H3;1-2H2. The molecular weight excluding hydrogens is 179 g/mol. The fourth-order valence-electron chi connectivity index (χ4n) is 0.919. The van der Waals surface area contributed by atoms with E-state index in [1.165, 1.54) is 6.07 Å². The predicted octanol–water partition coefficient (Wildman–Crippen LogP) is 2.70. The Kier molecular flexibility index (Phi) is 5.87. The second-order valence-corrected chi connectivity index (χ2v) is 2.19. The minimum Gasteiger partial charge on any atom is -0.270 e. The number of benzene rings is 1. The Labute approximate surface area is 83.5 Å². The van der Waals surface area contributed by atoms with Crippen molar-refractivity contribution in [2.75, 3.05) is 7.05 Å². The molecule has 0 saturated heterocycles. The molecule has 74 valence electrons. The van der Waals surface area contributed by atoms with Crippen molar-refractivity contribution in [3.05, 3.63) is 48.8 Å². The Morgan fingerprint density at radius 2 is 1.86 bits per heavy atom. The minimum absolute atomic E-state index is 0.327. The summed E-state index contributed by atoms with van der Waals surface area (Å²) in [7, 11) is 1.55. The highest BCUT2D eigenvalue weighted by molar-refractivity contribution is 6.01. The summed E-state index contributed by atoms with van der Waals surface area (Å²) >= 11 is 0. The van der Waals surface area contributed by atoms with Gasteiger partial charge in [-0.25, -0.2) is 9.38 Å². The molecule has 0 amide bonds. The third-order valence-electron chi connectivity index (χ3n) is 1.48. The van der Waals surface area contributed by atoms with Gasteiger partial charge in [-0.2, -0.15) is 0 Å². The van der Waals surface area contributed by atoms with Crippen LogP contribution >= 0.6 is 0 Å². The molecule has 0 bridgehead atoms. The number of amidine groups is 1. The fraction of sp³-hybridized carbons (Fsp3) is 0.0909. The molecule has 0 heterocycles. The van der Waals surface area contributed by atoms with Gasteiger partial charge < -0.3 is 0 Å². The quantitative estimate of drug-likeness (QED) is 0.371. The molecule has 0 saturated carbocycles. The molecule has 2 nitrogen and oxygen atoms in total. The van der Waals surface area contributed by atoms with E-state index in [9.17, 15) is 4.39 Å². The average molecular weight is 192 g/mol. The second-order valence-electron chi connectivity index (χ2n) is 2.19. The number of nitrogens with zero attached hydrogens (tertiary/aromatic N) is 2. The van der Waals surface area contributed by atoms with Crippen LogP contribution in [0.5, 0.6) is 0 Å². The van der Waals surface area contributed by atoms with Crippen LogP contribution in [0, 0.1) is 5.82 Å². The number of hydrogen-bond acceptors (Lipinski definition) is 1. The van der Waals surface area contributed by atoms with Gasteiger partial charge in [0.15, 0.2) is 5.84 Å². The van der Waals surface area contributed by atoms with E-state index in [4.69, 9.17) is 0 Å². The van der Waals surface area contributed by atoms with Gasteiger partial charge in [0.2, 0.25) is 0 Å². The van der Waals surface area contributed by atoms with Crippen LogP contribution in [0.25, 0.3) is 0 Å². The predicted molar refractivity (Wildman–Crippen MR) is 59.7 cm³/mol. The van der Waals surface area contributed by atoms with Crippen LogP contribution in [0.3, 0.4) is 0 Å². The number of rotatable bonds is 1. The molecule has 0 aliphatic heterocycles. The number of hydrogen-bond donors (Lipinski definition) is 0. The molecule has 0 aliphatic rings. The summed E-state index contributed by atoms with van der Waals surface area (Å²) in [5.74, 6) is -0.00130. The van der Waals surface area contributed by atoms with Gasteiger partial charge in [-0.3, -0.25) is 4.99 Å². The molecule has 14 heavy (non-hydrogen) atoms. The van der Waals surface area contributed by atoms with E-state index < -0.39 is 0 Å². The summed E-state index contributed by atoms with van der Waals surface area (Å²) < 4.78 is 13.0. The molecule has 0 aromatic heterocycles. The molecule has 0 atom stereocenters. The lowest BCUT2D eigenvalue weighted by molar-refractivity contribution is 0.625. The summed E-state index contributed by atoms with van der Waals surface area (Å²) in [6.07, 6.45) is 0. The van der Waals surface area contributed by atoms with Crippen molar-refractivity contribution in [2.24, 2.45) is 9.98 Å². The van der Waals surface area contributed by atoms with E-state index >= 15 is 0 Å². The maximum Gasteiger partial charge on any atom is 0.156 e. The van der Waals surface area contributed by atoms with Crippen molar-refractivity contribution in [3.63, 3.8) is 0 Å². The van der Waals surface area contributed by atoms with E-state index in [1.54, 1.807) is 25.2 Å². The molecule has 0 unspecified atom stereocenters. The normalized spacial score (nSPS) is 10.0. The lowest BCUT2D eigenvalue weighted by Gasteiger charge is -1.99. The van der Waals surface area contributed by atoms with Crippen LogP contribution < -0.4 is 0 Å². The molecule has 1 aromatic rings. The van der Waals surface area contributed by atoms with Gasteiger partial charge in [-0.05, 0) is 18.9 Å². The van der Waals surface area contributed by atoms with Gasteiger partial charge in [0, 0.05) is 7.05 Å². The van der Waals surface area contributed by atoms with Gasteiger partial charge in [-0.15, -0.1) is 13.2 Å². The number of aliphatic imine (C=N–C) groups is 2. The zero-order chi connectivity index (χ0) is 11.0. The summed E-state index contributed by atoms with van der Waals surface area (Å²) in [5.41, 5.74) is 0.384. The molecule has 0 radical (unpaired) electrons. The Hall–Kier alpha value is -1.77. The maximum atomic E-state index is 13.0. The Morgan fingerprint density at radius 3 is 2.29 bits per heavy atom. The highest BCUT2D eigenvalue weighted by atomic mass is 19.1. The summed E-state index contributed by atoms with van der Waals surface area (Å²) in [4.78, 5) is 7.38. The van der Waals surface area contributed by atoms with Crippen molar-refractivity contribution in [3.8, 4) is 0 Å². The van der Waals surface area contributed by atoms with Crippen LogP contribution in [-0.2, 0) is 0 Å². The van der Waals surface area contributed by atoms with Crippen LogP contribution in [-0.4, -0.2) is 19.6 Å². The topological polar surface area (TPSA) is 24.7 Å². The van der Waals surface area contributed by atoms with Crippen molar-refractivity contribution in [2.45, 2.75) is 0 Å². The molecule has 3 heteroatoms. The summed E-state index contributed by atoms with van der Waals surface area (Å²) in [6, 6.07) is 6.34. The van der Waals surface area contributed by atoms with E-state index in [-0.39, 0.29) is 5.82 Å². The minimum atomic E-state index is -0.328. The van der Waals surface area contributed by atoms with E-state index in [0.717, 1.165) is 0 Å². The molecule has 1 rings (SSSR count). The first-order valence-electron chi connectivity index (χ1n) is 3.98. The summed E-state index contributed by atoms with van der Waals surface area (Å²) in [6.45, 7) is 9.30. The molecule has 1 aromatic carbocycles. The lowest BCUT2D eigenvalue weighted by Crippen LogP contribution is -1.99. The first-order valence-corrected chi connectivity index (χ1v) is 3.98. The third kappa shape index (κ3) is 2.94. The lowest BCUT2D eigenvalue weighted by atomic mass is 10.2. The third-order valence-corrected chi connectivity index (χ3v) is 1.48. The largest absolute Gasteiger partial charge is 0.270 e. The van der Waals surface area contributed by atoms with Gasteiger partial charge in [0.1, 0.15) is 5.82 Å². The first kappa shape index (κ1) is 12.2. The second kappa shape index (κ2) is 6.71. The van der Waals surface area contributed by atoms with Gasteiger partial charge >= 0.3 is 0 Å². The molecule has 0 spiro atoms. The average Bonchev–Trinajstić information content (AvgIpc) is 2.25. The fourth-order valence-corrected chi connectivity index (χ4v) is 0.919. The molecule has 0 fully saturated rings. The van der Waals surface area contributed by atoms with Crippen molar-refractivity contribution in [1.29, 1.82) is 0 Å². The Bertz CT molecular complexity index is 332. The van der Waals surface area contributed by atoms with Gasteiger partial charge in [0.25, 0.3) is 0 Å².